The molecule has 0 aliphatic carbocycles. The van der Waals surface area contributed by atoms with Crippen LogP contribution in [0.4, 0.5) is 0 Å². The fourth-order valence-corrected chi connectivity index (χ4v) is 8.83. The summed E-state index contributed by atoms with van der Waals surface area (Å²) in [6.07, 6.45) is 84.1. The highest BCUT2D eigenvalue weighted by atomic mass is 16.6. The summed E-state index contributed by atoms with van der Waals surface area (Å²) >= 11 is 0. The normalized spacial score (nSPS) is 12.7. The molecule has 0 aliphatic heterocycles. The minimum Gasteiger partial charge on any atom is -0.462 e. The lowest BCUT2D eigenvalue weighted by molar-refractivity contribution is -0.167. The molecule has 0 radical (unpaired) electrons. The van der Waals surface area contributed by atoms with Crippen LogP contribution in [-0.4, -0.2) is 37.2 Å². The molecule has 0 rings (SSSR count). The van der Waals surface area contributed by atoms with Gasteiger partial charge in [-0.1, -0.05) is 279 Å². The van der Waals surface area contributed by atoms with E-state index in [1.54, 1.807) is 0 Å². The molecule has 1 atom stereocenters. The van der Waals surface area contributed by atoms with Gasteiger partial charge in [-0.25, -0.2) is 0 Å². The van der Waals surface area contributed by atoms with Gasteiger partial charge >= 0.3 is 17.9 Å². The average molecular weight is 1040 g/mol. The molecule has 0 aliphatic rings. The van der Waals surface area contributed by atoms with Crippen LogP contribution in [0.25, 0.3) is 0 Å². The summed E-state index contributed by atoms with van der Waals surface area (Å²) in [5.41, 5.74) is 0. The number of allylic oxidation sites excluding steroid dienone is 16. The first-order valence-corrected chi connectivity index (χ1v) is 31.7. The van der Waals surface area contributed by atoms with Gasteiger partial charge < -0.3 is 14.2 Å². The predicted molar refractivity (Wildman–Crippen MR) is 325 cm³/mol. The van der Waals surface area contributed by atoms with Crippen molar-refractivity contribution in [3.63, 3.8) is 0 Å². The van der Waals surface area contributed by atoms with E-state index in [1.807, 2.05) is 0 Å². The first kappa shape index (κ1) is 71.3. The number of esters is 3. The molecule has 6 nitrogen and oxygen atoms in total. The van der Waals surface area contributed by atoms with Crippen molar-refractivity contribution < 1.29 is 28.6 Å². The second-order valence-electron chi connectivity index (χ2n) is 20.9. The molecule has 0 amide bonds. The maximum absolute atomic E-state index is 12.9. The van der Waals surface area contributed by atoms with Crippen molar-refractivity contribution >= 4 is 17.9 Å². The number of ether oxygens (including phenoxy) is 3. The average Bonchev–Trinajstić information content (AvgIpc) is 3.41. The Hall–Kier alpha value is -3.67. The van der Waals surface area contributed by atoms with Crippen molar-refractivity contribution in [3.8, 4) is 0 Å². The van der Waals surface area contributed by atoms with E-state index in [-0.39, 0.29) is 31.1 Å². The molecule has 0 spiro atoms. The van der Waals surface area contributed by atoms with E-state index in [2.05, 4.69) is 118 Å². The van der Waals surface area contributed by atoms with Crippen LogP contribution in [0.2, 0.25) is 0 Å². The van der Waals surface area contributed by atoms with E-state index in [1.165, 1.54) is 148 Å². The summed E-state index contributed by atoms with van der Waals surface area (Å²) in [5.74, 6) is -0.904. The second-order valence-corrected chi connectivity index (χ2v) is 20.9. The van der Waals surface area contributed by atoms with Crippen LogP contribution in [-0.2, 0) is 28.6 Å². The maximum atomic E-state index is 12.9. The van der Waals surface area contributed by atoms with Crippen molar-refractivity contribution in [3.05, 3.63) is 97.2 Å². The summed E-state index contributed by atoms with van der Waals surface area (Å²) in [6, 6.07) is 0. The third-order valence-electron chi connectivity index (χ3n) is 13.6. The Balaban J connectivity index is 4.35. The summed E-state index contributed by atoms with van der Waals surface area (Å²) in [4.78, 5) is 38.2. The zero-order chi connectivity index (χ0) is 54.3. The first-order chi connectivity index (χ1) is 37.0. The zero-order valence-electron chi connectivity index (χ0n) is 49.3. The van der Waals surface area contributed by atoms with Gasteiger partial charge in [-0.3, -0.25) is 14.4 Å². The van der Waals surface area contributed by atoms with Gasteiger partial charge in [0.05, 0.1) is 0 Å². The van der Waals surface area contributed by atoms with Crippen LogP contribution >= 0.6 is 0 Å². The largest absolute Gasteiger partial charge is 0.462 e. The molecule has 0 fully saturated rings. The smallest absolute Gasteiger partial charge is 0.306 e. The Morgan fingerprint density at radius 2 is 0.520 bits per heavy atom. The van der Waals surface area contributed by atoms with Gasteiger partial charge in [-0.15, -0.1) is 0 Å². The molecular weight excluding hydrogens is 925 g/mol. The summed E-state index contributed by atoms with van der Waals surface area (Å²) in [6.45, 7) is 6.51. The van der Waals surface area contributed by atoms with Gasteiger partial charge in [0, 0.05) is 19.3 Å². The third-order valence-corrected chi connectivity index (χ3v) is 13.6. The van der Waals surface area contributed by atoms with Gasteiger partial charge in [0.15, 0.2) is 6.10 Å². The van der Waals surface area contributed by atoms with Gasteiger partial charge in [0.25, 0.3) is 0 Å². The number of carbonyl (C=O) groups is 3. The predicted octanol–water partition coefficient (Wildman–Crippen LogP) is 21.7. The zero-order valence-corrected chi connectivity index (χ0v) is 49.3. The van der Waals surface area contributed by atoms with Gasteiger partial charge in [0.1, 0.15) is 13.2 Å². The van der Waals surface area contributed by atoms with Crippen LogP contribution in [0.5, 0.6) is 0 Å². The quantitative estimate of drug-likeness (QED) is 0.0261. The molecule has 0 N–H and O–H groups in total. The monoisotopic (exact) mass is 1040 g/mol. The molecule has 75 heavy (non-hydrogen) atoms. The molecule has 0 bridgehead atoms. The number of unbranched alkanes of at least 4 members (excludes halogenated alkanes) is 30. The standard InChI is InChI=1S/C69H118O6/c1-4-7-10-13-16-19-22-24-26-28-30-32-34-36-38-40-42-44-47-50-53-56-59-62-68(71)74-65-66(64-73-67(70)61-58-55-52-49-46-21-18-15-12-9-6-3)75-69(72)63-60-57-54-51-48-45-43-41-39-37-35-33-31-29-27-25-23-20-17-14-11-8-5-2/h7,10,16,19,23-26,29-32,36,38,42,44,66H,4-6,8-9,11-15,17-18,20-22,27-28,33-35,37,39-41,43,45-65H2,1-3H3/b10-7-,19-16-,25-23-,26-24-,31-29-,32-30-,38-36-,44-42-. The number of rotatable bonds is 57. The van der Waals surface area contributed by atoms with Crippen LogP contribution in [0.15, 0.2) is 97.2 Å². The summed E-state index contributed by atoms with van der Waals surface area (Å²) in [7, 11) is 0. The number of hydrogen-bond donors (Lipinski definition) is 0. The molecule has 1 unspecified atom stereocenters. The summed E-state index contributed by atoms with van der Waals surface area (Å²) < 4.78 is 16.9. The van der Waals surface area contributed by atoms with E-state index in [4.69, 9.17) is 14.2 Å². The highest BCUT2D eigenvalue weighted by Gasteiger charge is 2.19. The summed E-state index contributed by atoms with van der Waals surface area (Å²) in [5, 5.41) is 0. The van der Waals surface area contributed by atoms with Gasteiger partial charge in [-0.2, -0.15) is 0 Å². The van der Waals surface area contributed by atoms with Crippen molar-refractivity contribution in [2.45, 2.75) is 309 Å². The molecule has 0 aromatic carbocycles. The van der Waals surface area contributed by atoms with E-state index >= 15 is 0 Å². The highest BCUT2D eigenvalue weighted by Crippen LogP contribution is 2.16. The third kappa shape index (κ3) is 61.1. The lowest BCUT2D eigenvalue weighted by Crippen LogP contribution is -2.30. The van der Waals surface area contributed by atoms with E-state index in [9.17, 15) is 14.4 Å². The SMILES string of the molecule is CC/C=C\C/C=C\C/C=C\C/C=C\C/C=C\C/C=C\CCCCCCC(=O)OCC(COC(=O)CCCCCCCCCCCCC)OC(=O)CCCCCCCCCCCCC/C=C\C/C=C\CCCCCCC. The fourth-order valence-electron chi connectivity index (χ4n) is 8.83. The minimum absolute atomic E-state index is 0.0846. The van der Waals surface area contributed by atoms with Crippen molar-refractivity contribution in [2.75, 3.05) is 13.2 Å². The fraction of sp³-hybridized carbons (Fsp3) is 0.725. The lowest BCUT2D eigenvalue weighted by atomic mass is 10.0. The maximum Gasteiger partial charge on any atom is 0.306 e. The molecule has 0 saturated carbocycles. The van der Waals surface area contributed by atoms with Crippen LogP contribution in [0.1, 0.15) is 303 Å². The van der Waals surface area contributed by atoms with E-state index < -0.39 is 6.10 Å². The van der Waals surface area contributed by atoms with Crippen LogP contribution in [0.3, 0.4) is 0 Å². The van der Waals surface area contributed by atoms with E-state index in [0.717, 1.165) is 116 Å². The lowest BCUT2D eigenvalue weighted by Gasteiger charge is -2.18. The Bertz CT molecular complexity index is 1480. The van der Waals surface area contributed by atoms with Gasteiger partial charge in [0.2, 0.25) is 0 Å². The number of carbonyl (C=O) groups excluding carboxylic acids is 3. The van der Waals surface area contributed by atoms with Crippen LogP contribution in [0, 0.1) is 0 Å². The Morgan fingerprint density at radius 3 is 0.813 bits per heavy atom. The molecule has 0 aromatic rings. The number of hydrogen-bond acceptors (Lipinski definition) is 6. The molecule has 0 aromatic heterocycles. The Labute approximate surface area is 464 Å². The molecule has 430 valence electrons. The molecule has 0 saturated heterocycles. The molecule has 6 heteroatoms. The topological polar surface area (TPSA) is 78.9 Å². The second kappa shape index (κ2) is 62.9. The Morgan fingerprint density at radius 1 is 0.280 bits per heavy atom. The Kier molecular flexibility index (Phi) is 59.8. The van der Waals surface area contributed by atoms with Crippen molar-refractivity contribution in [2.24, 2.45) is 0 Å². The van der Waals surface area contributed by atoms with E-state index in [0.29, 0.717) is 19.3 Å². The molecule has 0 heterocycles. The van der Waals surface area contributed by atoms with Crippen molar-refractivity contribution in [1.29, 1.82) is 0 Å². The van der Waals surface area contributed by atoms with Gasteiger partial charge in [-0.05, 0) is 103 Å². The highest BCUT2D eigenvalue weighted by molar-refractivity contribution is 5.71. The molecular formula is C69H118O6. The van der Waals surface area contributed by atoms with Crippen molar-refractivity contribution in [1.82, 2.24) is 0 Å². The first-order valence-electron chi connectivity index (χ1n) is 31.7. The van der Waals surface area contributed by atoms with Crippen LogP contribution < -0.4 is 0 Å². The minimum atomic E-state index is -0.789.